The van der Waals surface area contributed by atoms with Crippen LogP contribution in [0.2, 0.25) is 0 Å². The van der Waals surface area contributed by atoms with Crippen molar-refractivity contribution in [1.82, 2.24) is 10.3 Å². The van der Waals surface area contributed by atoms with Gasteiger partial charge in [0.2, 0.25) is 5.91 Å². The first-order valence-electron chi connectivity index (χ1n) is 8.34. The lowest BCUT2D eigenvalue weighted by Crippen LogP contribution is -2.23. The molecule has 3 rings (SSSR count). The second-order valence-corrected chi connectivity index (χ2v) is 6.03. The second-order valence-electron chi connectivity index (χ2n) is 6.03. The SMILES string of the molecule is Cc1cccc(NC(=O)CCNCCc2c[nH]c3ccccc23)c1. The average molecular weight is 321 g/mol. The van der Waals surface area contributed by atoms with Crippen LogP contribution in [-0.4, -0.2) is 24.0 Å². The zero-order chi connectivity index (χ0) is 16.8. The van der Waals surface area contributed by atoms with Crippen LogP contribution in [0.15, 0.2) is 54.7 Å². The van der Waals surface area contributed by atoms with E-state index in [1.54, 1.807) is 0 Å². The topological polar surface area (TPSA) is 56.9 Å². The number of hydrogen-bond donors (Lipinski definition) is 3. The fraction of sp³-hybridized carbons (Fsp3) is 0.250. The number of fused-ring (bicyclic) bond motifs is 1. The van der Waals surface area contributed by atoms with Crippen LogP contribution >= 0.6 is 0 Å². The third kappa shape index (κ3) is 4.24. The van der Waals surface area contributed by atoms with Gasteiger partial charge >= 0.3 is 0 Å². The average Bonchev–Trinajstić information content (AvgIpc) is 2.98. The molecule has 4 nitrogen and oxygen atoms in total. The second kappa shape index (κ2) is 7.79. The molecule has 1 aromatic heterocycles. The van der Waals surface area contributed by atoms with Crippen LogP contribution in [0.5, 0.6) is 0 Å². The van der Waals surface area contributed by atoms with Crippen LogP contribution in [0.3, 0.4) is 0 Å². The first kappa shape index (κ1) is 16.3. The number of para-hydroxylation sites is 1. The summed E-state index contributed by atoms with van der Waals surface area (Å²) in [6.07, 6.45) is 3.49. The summed E-state index contributed by atoms with van der Waals surface area (Å²) >= 11 is 0. The monoisotopic (exact) mass is 321 g/mol. The van der Waals surface area contributed by atoms with Crippen molar-refractivity contribution in [3.63, 3.8) is 0 Å². The molecule has 3 N–H and O–H groups in total. The molecule has 0 unspecified atom stereocenters. The van der Waals surface area contributed by atoms with E-state index in [1.165, 1.54) is 16.5 Å². The molecule has 4 heteroatoms. The normalized spacial score (nSPS) is 10.9. The molecule has 0 radical (unpaired) electrons. The predicted octanol–water partition coefficient (Wildman–Crippen LogP) is 3.64. The molecule has 24 heavy (non-hydrogen) atoms. The lowest BCUT2D eigenvalue weighted by atomic mass is 10.1. The number of benzene rings is 2. The summed E-state index contributed by atoms with van der Waals surface area (Å²) in [6, 6.07) is 16.2. The van der Waals surface area contributed by atoms with E-state index in [2.05, 4.69) is 40.0 Å². The maximum atomic E-state index is 11.9. The highest BCUT2D eigenvalue weighted by Gasteiger charge is 2.04. The van der Waals surface area contributed by atoms with E-state index in [1.807, 2.05) is 37.3 Å². The standard InChI is InChI=1S/C20H23N3O/c1-15-5-4-6-17(13-15)23-20(24)10-12-21-11-9-16-14-22-19-8-3-2-7-18(16)19/h2-8,13-14,21-22H,9-12H2,1H3,(H,23,24). The Morgan fingerprint density at radius 1 is 1.08 bits per heavy atom. The van der Waals surface area contributed by atoms with E-state index < -0.39 is 0 Å². The number of amides is 1. The van der Waals surface area contributed by atoms with Gasteiger partial charge in [-0.25, -0.2) is 0 Å². The fourth-order valence-electron chi connectivity index (χ4n) is 2.83. The number of hydrogen-bond acceptors (Lipinski definition) is 2. The first-order valence-corrected chi connectivity index (χ1v) is 8.34. The van der Waals surface area contributed by atoms with Gasteiger partial charge in [-0.3, -0.25) is 4.79 Å². The van der Waals surface area contributed by atoms with Crippen molar-refractivity contribution >= 4 is 22.5 Å². The molecule has 1 heterocycles. The number of rotatable bonds is 7. The van der Waals surface area contributed by atoms with Gasteiger partial charge in [0.05, 0.1) is 0 Å². The minimum Gasteiger partial charge on any atom is -0.361 e. The van der Waals surface area contributed by atoms with Crippen LogP contribution in [0.1, 0.15) is 17.5 Å². The summed E-state index contributed by atoms with van der Waals surface area (Å²) in [5, 5.41) is 7.54. The molecular weight excluding hydrogens is 298 g/mol. The van der Waals surface area contributed by atoms with E-state index >= 15 is 0 Å². The Morgan fingerprint density at radius 3 is 2.83 bits per heavy atom. The van der Waals surface area contributed by atoms with Gasteiger partial charge in [0.25, 0.3) is 0 Å². The van der Waals surface area contributed by atoms with Crippen molar-refractivity contribution in [2.45, 2.75) is 19.8 Å². The summed E-state index contributed by atoms with van der Waals surface area (Å²) in [4.78, 5) is 15.2. The van der Waals surface area contributed by atoms with Crippen LogP contribution in [0.25, 0.3) is 10.9 Å². The number of aromatic nitrogens is 1. The van der Waals surface area contributed by atoms with Crippen molar-refractivity contribution in [3.05, 3.63) is 65.9 Å². The smallest absolute Gasteiger partial charge is 0.225 e. The highest BCUT2D eigenvalue weighted by atomic mass is 16.1. The van der Waals surface area contributed by atoms with Crippen molar-refractivity contribution in [2.24, 2.45) is 0 Å². The number of aromatic amines is 1. The van der Waals surface area contributed by atoms with E-state index in [-0.39, 0.29) is 5.91 Å². The number of aryl methyl sites for hydroxylation is 1. The highest BCUT2D eigenvalue weighted by Crippen LogP contribution is 2.17. The third-order valence-corrected chi connectivity index (χ3v) is 4.08. The molecule has 0 aliphatic rings. The molecule has 0 bridgehead atoms. The number of nitrogens with one attached hydrogen (secondary N) is 3. The maximum absolute atomic E-state index is 11.9. The molecule has 0 fully saturated rings. The molecule has 124 valence electrons. The highest BCUT2D eigenvalue weighted by molar-refractivity contribution is 5.90. The number of H-pyrrole nitrogens is 1. The molecule has 0 aliphatic carbocycles. The Bertz CT molecular complexity index is 822. The minimum absolute atomic E-state index is 0.0418. The molecule has 0 spiro atoms. The van der Waals surface area contributed by atoms with E-state index in [9.17, 15) is 4.79 Å². The fourth-order valence-corrected chi connectivity index (χ4v) is 2.83. The maximum Gasteiger partial charge on any atom is 0.225 e. The summed E-state index contributed by atoms with van der Waals surface area (Å²) in [6.45, 7) is 3.56. The Kier molecular flexibility index (Phi) is 5.29. The molecule has 0 aliphatic heterocycles. The Hall–Kier alpha value is -2.59. The zero-order valence-corrected chi connectivity index (χ0v) is 13.9. The molecule has 3 aromatic rings. The van der Waals surface area contributed by atoms with Gasteiger partial charge < -0.3 is 15.6 Å². The number of carbonyl (C=O) groups excluding carboxylic acids is 1. The molecule has 2 aromatic carbocycles. The molecule has 1 amide bonds. The number of anilines is 1. The summed E-state index contributed by atoms with van der Waals surface area (Å²) in [5.74, 6) is 0.0418. The predicted molar refractivity (Wildman–Crippen MR) is 99.3 cm³/mol. The number of carbonyl (C=O) groups is 1. The first-order chi connectivity index (χ1) is 11.7. The van der Waals surface area contributed by atoms with Crippen LogP contribution < -0.4 is 10.6 Å². The quantitative estimate of drug-likeness (QED) is 0.582. The van der Waals surface area contributed by atoms with Crippen LogP contribution in [0, 0.1) is 6.92 Å². The van der Waals surface area contributed by atoms with Gasteiger partial charge in [-0.05, 0) is 49.2 Å². The van der Waals surface area contributed by atoms with E-state index in [4.69, 9.17) is 0 Å². The lowest BCUT2D eigenvalue weighted by Gasteiger charge is -2.07. The zero-order valence-electron chi connectivity index (χ0n) is 13.9. The summed E-state index contributed by atoms with van der Waals surface area (Å²) in [5.41, 5.74) is 4.48. The van der Waals surface area contributed by atoms with Gasteiger partial charge in [0.15, 0.2) is 0 Å². The third-order valence-electron chi connectivity index (χ3n) is 4.08. The van der Waals surface area contributed by atoms with Crippen molar-refractivity contribution in [2.75, 3.05) is 18.4 Å². The van der Waals surface area contributed by atoms with E-state index in [0.717, 1.165) is 24.2 Å². The Labute approximate surface area is 142 Å². The van der Waals surface area contributed by atoms with Crippen molar-refractivity contribution in [3.8, 4) is 0 Å². The molecule has 0 atom stereocenters. The Morgan fingerprint density at radius 2 is 1.96 bits per heavy atom. The minimum atomic E-state index is 0.0418. The van der Waals surface area contributed by atoms with Gasteiger partial charge in [0, 0.05) is 35.8 Å². The van der Waals surface area contributed by atoms with Gasteiger partial charge in [-0.2, -0.15) is 0 Å². The molecule has 0 saturated carbocycles. The summed E-state index contributed by atoms with van der Waals surface area (Å²) in [7, 11) is 0. The van der Waals surface area contributed by atoms with Gasteiger partial charge in [-0.1, -0.05) is 30.3 Å². The lowest BCUT2D eigenvalue weighted by molar-refractivity contribution is -0.116. The molecule has 0 saturated heterocycles. The Balaban J connectivity index is 1.38. The van der Waals surface area contributed by atoms with Crippen LogP contribution in [-0.2, 0) is 11.2 Å². The van der Waals surface area contributed by atoms with Crippen LogP contribution in [0.4, 0.5) is 5.69 Å². The largest absolute Gasteiger partial charge is 0.361 e. The van der Waals surface area contributed by atoms with Gasteiger partial charge in [0.1, 0.15) is 0 Å². The van der Waals surface area contributed by atoms with Gasteiger partial charge in [-0.15, -0.1) is 0 Å². The van der Waals surface area contributed by atoms with Crippen molar-refractivity contribution < 1.29 is 4.79 Å². The molecular formula is C20H23N3O. The van der Waals surface area contributed by atoms with E-state index in [0.29, 0.717) is 13.0 Å². The van der Waals surface area contributed by atoms with Crippen molar-refractivity contribution in [1.29, 1.82) is 0 Å². The summed E-state index contributed by atoms with van der Waals surface area (Å²) < 4.78 is 0.